The molecule has 1 unspecified atom stereocenters. The summed E-state index contributed by atoms with van der Waals surface area (Å²) in [5.41, 5.74) is 0. The molecule has 1 fully saturated rings. The van der Waals surface area contributed by atoms with Gasteiger partial charge in [0.05, 0.1) is 6.61 Å². The summed E-state index contributed by atoms with van der Waals surface area (Å²) in [6.45, 7) is 5.24. The standard InChI is InChI=1S/C9H19NO/c1-7(2)10-9(6-11-3)8-4-5-8/h7-10H,4-6H2,1-3H3. The predicted octanol–water partition coefficient (Wildman–Crippen LogP) is 1.41. The molecule has 66 valence electrons. The van der Waals surface area contributed by atoms with Gasteiger partial charge in [0, 0.05) is 19.2 Å². The molecule has 1 saturated carbocycles. The van der Waals surface area contributed by atoms with Crippen molar-refractivity contribution in [1.82, 2.24) is 5.32 Å². The molecule has 1 rings (SSSR count). The molecule has 0 saturated heterocycles. The summed E-state index contributed by atoms with van der Waals surface area (Å²) in [5.74, 6) is 0.886. The van der Waals surface area contributed by atoms with Crippen LogP contribution in [0.2, 0.25) is 0 Å². The Morgan fingerprint density at radius 2 is 2.09 bits per heavy atom. The maximum atomic E-state index is 5.14. The Bertz CT molecular complexity index is 110. The summed E-state index contributed by atoms with van der Waals surface area (Å²) >= 11 is 0. The molecule has 0 aromatic rings. The first kappa shape index (κ1) is 9.01. The molecule has 1 N–H and O–H groups in total. The Morgan fingerprint density at radius 3 is 2.45 bits per heavy atom. The van der Waals surface area contributed by atoms with Crippen LogP contribution in [0.4, 0.5) is 0 Å². The minimum Gasteiger partial charge on any atom is -0.383 e. The maximum absolute atomic E-state index is 5.14. The zero-order valence-electron chi connectivity index (χ0n) is 7.76. The van der Waals surface area contributed by atoms with Gasteiger partial charge in [0.2, 0.25) is 0 Å². The summed E-state index contributed by atoms with van der Waals surface area (Å²) in [7, 11) is 1.78. The first-order valence-corrected chi connectivity index (χ1v) is 4.49. The smallest absolute Gasteiger partial charge is 0.0618 e. The van der Waals surface area contributed by atoms with Crippen molar-refractivity contribution in [3.8, 4) is 0 Å². The van der Waals surface area contributed by atoms with E-state index >= 15 is 0 Å². The van der Waals surface area contributed by atoms with Gasteiger partial charge < -0.3 is 10.1 Å². The van der Waals surface area contributed by atoms with Crippen LogP contribution in [0.3, 0.4) is 0 Å². The number of hydrogen-bond acceptors (Lipinski definition) is 2. The van der Waals surface area contributed by atoms with Gasteiger partial charge in [-0.25, -0.2) is 0 Å². The number of nitrogens with one attached hydrogen (secondary N) is 1. The fourth-order valence-electron chi connectivity index (χ4n) is 1.43. The lowest BCUT2D eigenvalue weighted by atomic mass is 10.2. The zero-order chi connectivity index (χ0) is 8.27. The van der Waals surface area contributed by atoms with Gasteiger partial charge >= 0.3 is 0 Å². The Morgan fingerprint density at radius 1 is 1.45 bits per heavy atom. The molecule has 0 bridgehead atoms. The third kappa shape index (κ3) is 3.21. The molecule has 0 amide bonds. The molecular formula is C9H19NO. The maximum Gasteiger partial charge on any atom is 0.0618 e. The van der Waals surface area contributed by atoms with Crippen molar-refractivity contribution in [2.45, 2.75) is 38.8 Å². The third-order valence-corrected chi connectivity index (χ3v) is 2.08. The van der Waals surface area contributed by atoms with Gasteiger partial charge in [-0.3, -0.25) is 0 Å². The van der Waals surface area contributed by atoms with Crippen molar-refractivity contribution < 1.29 is 4.74 Å². The number of hydrogen-bond donors (Lipinski definition) is 1. The molecule has 2 heteroatoms. The monoisotopic (exact) mass is 157 g/mol. The van der Waals surface area contributed by atoms with E-state index in [0.717, 1.165) is 12.5 Å². The first-order chi connectivity index (χ1) is 5.24. The lowest BCUT2D eigenvalue weighted by molar-refractivity contribution is 0.153. The fraction of sp³-hybridized carbons (Fsp3) is 1.00. The molecule has 0 aromatic carbocycles. The fourth-order valence-corrected chi connectivity index (χ4v) is 1.43. The van der Waals surface area contributed by atoms with Gasteiger partial charge in [0.15, 0.2) is 0 Å². The quantitative estimate of drug-likeness (QED) is 0.651. The van der Waals surface area contributed by atoms with Gasteiger partial charge in [-0.2, -0.15) is 0 Å². The van der Waals surface area contributed by atoms with Gasteiger partial charge in [-0.15, -0.1) is 0 Å². The minimum absolute atomic E-state index is 0.579. The number of ether oxygens (including phenoxy) is 1. The Balaban J connectivity index is 2.20. The van der Waals surface area contributed by atoms with E-state index in [-0.39, 0.29) is 0 Å². The molecule has 0 spiro atoms. The average Bonchev–Trinajstić information content (AvgIpc) is 2.66. The van der Waals surface area contributed by atoms with Gasteiger partial charge in [0.1, 0.15) is 0 Å². The molecule has 1 aliphatic rings. The molecular weight excluding hydrogens is 138 g/mol. The van der Waals surface area contributed by atoms with Crippen LogP contribution in [0.1, 0.15) is 26.7 Å². The Hall–Kier alpha value is -0.0800. The van der Waals surface area contributed by atoms with E-state index in [4.69, 9.17) is 4.74 Å². The summed E-state index contributed by atoms with van der Waals surface area (Å²) in [4.78, 5) is 0. The van der Waals surface area contributed by atoms with Crippen molar-refractivity contribution in [2.75, 3.05) is 13.7 Å². The summed E-state index contributed by atoms with van der Waals surface area (Å²) in [6, 6.07) is 1.18. The average molecular weight is 157 g/mol. The summed E-state index contributed by atoms with van der Waals surface area (Å²) < 4.78 is 5.14. The van der Waals surface area contributed by atoms with Crippen LogP contribution in [0, 0.1) is 5.92 Å². The lowest BCUT2D eigenvalue weighted by Gasteiger charge is -2.19. The minimum atomic E-state index is 0.579. The SMILES string of the molecule is COCC(NC(C)C)C1CC1. The highest BCUT2D eigenvalue weighted by Gasteiger charge is 2.30. The van der Waals surface area contributed by atoms with Crippen LogP contribution in [-0.2, 0) is 4.74 Å². The van der Waals surface area contributed by atoms with Crippen LogP contribution in [0.5, 0.6) is 0 Å². The van der Waals surface area contributed by atoms with E-state index in [0.29, 0.717) is 12.1 Å². The van der Waals surface area contributed by atoms with E-state index in [9.17, 15) is 0 Å². The summed E-state index contributed by atoms with van der Waals surface area (Å²) in [5, 5.41) is 3.52. The summed E-state index contributed by atoms with van der Waals surface area (Å²) in [6.07, 6.45) is 2.77. The van der Waals surface area contributed by atoms with E-state index in [1.807, 2.05) is 0 Å². The molecule has 0 radical (unpaired) electrons. The normalized spacial score (nSPS) is 20.7. The van der Waals surface area contributed by atoms with E-state index < -0.39 is 0 Å². The van der Waals surface area contributed by atoms with Crippen LogP contribution in [0.25, 0.3) is 0 Å². The molecule has 0 aliphatic heterocycles. The number of methoxy groups -OCH3 is 1. The highest BCUT2D eigenvalue weighted by Crippen LogP contribution is 2.32. The second-order valence-electron chi connectivity index (χ2n) is 3.72. The highest BCUT2D eigenvalue weighted by molar-refractivity contribution is 4.86. The van der Waals surface area contributed by atoms with E-state index in [2.05, 4.69) is 19.2 Å². The van der Waals surface area contributed by atoms with E-state index in [1.165, 1.54) is 12.8 Å². The van der Waals surface area contributed by atoms with Gasteiger partial charge in [0.25, 0.3) is 0 Å². The molecule has 0 aromatic heterocycles. The van der Waals surface area contributed by atoms with Gasteiger partial charge in [-0.1, -0.05) is 13.8 Å². The number of rotatable bonds is 5. The van der Waals surface area contributed by atoms with Crippen molar-refractivity contribution in [3.63, 3.8) is 0 Å². The lowest BCUT2D eigenvalue weighted by Crippen LogP contribution is -2.39. The van der Waals surface area contributed by atoms with Crippen molar-refractivity contribution in [2.24, 2.45) is 5.92 Å². The van der Waals surface area contributed by atoms with Crippen LogP contribution in [-0.4, -0.2) is 25.8 Å². The Kier molecular flexibility index (Phi) is 3.34. The predicted molar refractivity (Wildman–Crippen MR) is 46.7 cm³/mol. The van der Waals surface area contributed by atoms with Gasteiger partial charge in [-0.05, 0) is 18.8 Å². The Labute approximate surface area is 69.3 Å². The van der Waals surface area contributed by atoms with Crippen molar-refractivity contribution in [1.29, 1.82) is 0 Å². The van der Waals surface area contributed by atoms with Crippen molar-refractivity contribution >= 4 is 0 Å². The zero-order valence-corrected chi connectivity index (χ0v) is 7.76. The molecule has 11 heavy (non-hydrogen) atoms. The largest absolute Gasteiger partial charge is 0.383 e. The van der Waals surface area contributed by atoms with Crippen LogP contribution >= 0.6 is 0 Å². The molecule has 2 nitrogen and oxygen atoms in total. The topological polar surface area (TPSA) is 21.3 Å². The van der Waals surface area contributed by atoms with Crippen LogP contribution in [0.15, 0.2) is 0 Å². The first-order valence-electron chi connectivity index (χ1n) is 4.49. The molecule has 1 atom stereocenters. The van der Waals surface area contributed by atoms with Crippen molar-refractivity contribution in [3.05, 3.63) is 0 Å². The molecule has 1 aliphatic carbocycles. The highest BCUT2D eigenvalue weighted by atomic mass is 16.5. The molecule has 0 heterocycles. The van der Waals surface area contributed by atoms with Crippen LogP contribution < -0.4 is 5.32 Å². The van der Waals surface area contributed by atoms with E-state index in [1.54, 1.807) is 7.11 Å². The second-order valence-corrected chi connectivity index (χ2v) is 3.72. The third-order valence-electron chi connectivity index (χ3n) is 2.08. The second kappa shape index (κ2) is 4.07.